The van der Waals surface area contributed by atoms with Crippen LogP contribution in [0.25, 0.3) is 0 Å². The van der Waals surface area contributed by atoms with Crippen molar-refractivity contribution >= 4 is 11.6 Å². The number of nitrogens with zero attached hydrogens (tertiary/aromatic N) is 1. The Morgan fingerprint density at radius 1 is 1.60 bits per heavy atom. The molecule has 54 valence electrons. The molecule has 0 aromatic carbocycles. The van der Waals surface area contributed by atoms with Crippen molar-refractivity contribution in [3.63, 3.8) is 0 Å². The summed E-state index contributed by atoms with van der Waals surface area (Å²) >= 11 is 5.51. The summed E-state index contributed by atoms with van der Waals surface area (Å²) in [4.78, 5) is 3.96. The van der Waals surface area contributed by atoms with E-state index in [1.165, 1.54) is 0 Å². The molecule has 0 atom stereocenters. The van der Waals surface area contributed by atoms with Gasteiger partial charge in [-0.2, -0.15) is 0 Å². The van der Waals surface area contributed by atoms with Crippen molar-refractivity contribution < 1.29 is 5.11 Å². The van der Waals surface area contributed by atoms with Gasteiger partial charge in [0, 0.05) is 6.20 Å². The zero-order valence-electron chi connectivity index (χ0n) is 5.42. The van der Waals surface area contributed by atoms with E-state index in [0.29, 0.717) is 5.88 Å². The van der Waals surface area contributed by atoms with Gasteiger partial charge in [-0.3, -0.25) is 4.98 Å². The van der Waals surface area contributed by atoms with Gasteiger partial charge in [-0.1, -0.05) is 0 Å². The number of pyridine rings is 1. The van der Waals surface area contributed by atoms with Crippen LogP contribution >= 0.6 is 11.6 Å². The quantitative estimate of drug-likeness (QED) is 0.657. The van der Waals surface area contributed by atoms with Crippen LogP contribution in [0.1, 0.15) is 11.3 Å². The zero-order valence-corrected chi connectivity index (χ0v) is 6.17. The lowest BCUT2D eigenvalue weighted by atomic mass is 10.2. The molecule has 1 heterocycles. The molecule has 3 heteroatoms. The number of halogens is 1. The molecule has 10 heavy (non-hydrogen) atoms. The van der Waals surface area contributed by atoms with Gasteiger partial charge in [0.15, 0.2) is 0 Å². The van der Waals surface area contributed by atoms with Gasteiger partial charge in [0.2, 0.25) is 0 Å². The van der Waals surface area contributed by atoms with Crippen LogP contribution < -0.4 is 0 Å². The molecule has 1 N–H and O–H groups in total. The van der Waals surface area contributed by atoms with Gasteiger partial charge in [-0.05, 0) is 17.7 Å². The Bertz CT molecular complexity index is 195. The summed E-state index contributed by atoms with van der Waals surface area (Å²) in [5.41, 5.74) is 1.65. The van der Waals surface area contributed by atoms with Crippen molar-refractivity contribution in [2.45, 2.75) is 12.5 Å². The van der Waals surface area contributed by atoms with Gasteiger partial charge in [0.25, 0.3) is 0 Å². The number of aliphatic hydroxyl groups excluding tert-OH is 1. The van der Waals surface area contributed by atoms with Crippen LogP contribution in [0.15, 0.2) is 18.3 Å². The van der Waals surface area contributed by atoms with E-state index in [0.717, 1.165) is 11.3 Å². The average Bonchev–Trinajstić information content (AvgIpc) is 2.05. The van der Waals surface area contributed by atoms with Gasteiger partial charge in [-0.15, -0.1) is 11.6 Å². The second-order valence-electron chi connectivity index (χ2n) is 1.95. The van der Waals surface area contributed by atoms with Crippen molar-refractivity contribution in [2.75, 3.05) is 0 Å². The van der Waals surface area contributed by atoms with E-state index in [-0.39, 0.29) is 6.61 Å². The molecule has 2 nitrogen and oxygen atoms in total. The Labute approximate surface area is 64.5 Å². The lowest BCUT2D eigenvalue weighted by molar-refractivity contribution is 0.281. The second-order valence-corrected chi connectivity index (χ2v) is 2.21. The first-order valence-electron chi connectivity index (χ1n) is 2.97. The first kappa shape index (κ1) is 7.51. The first-order chi connectivity index (χ1) is 4.86. The SMILES string of the molecule is OCc1ccnc(CCl)c1. The predicted octanol–water partition coefficient (Wildman–Crippen LogP) is 1.31. The van der Waals surface area contributed by atoms with Crippen LogP contribution in [0.5, 0.6) is 0 Å². The molecule has 0 radical (unpaired) electrons. The molecule has 0 saturated carbocycles. The summed E-state index contributed by atoms with van der Waals surface area (Å²) < 4.78 is 0. The number of hydrogen-bond acceptors (Lipinski definition) is 2. The van der Waals surface area contributed by atoms with Crippen molar-refractivity contribution in [1.29, 1.82) is 0 Å². The molecule has 0 spiro atoms. The Balaban J connectivity index is 2.87. The summed E-state index contributed by atoms with van der Waals surface area (Å²) in [6, 6.07) is 3.54. The molecule has 1 aromatic rings. The maximum Gasteiger partial charge on any atom is 0.0683 e. The number of aromatic nitrogens is 1. The van der Waals surface area contributed by atoms with E-state index in [4.69, 9.17) is 16.7 Å². The third-order valence-electron chi connectivity index (χ3n) is 1.20. The van der Waals surface area contributed by atoms with Crippen LogP contribution in [0.3, 0.4) is 0 Å². The Morgan fingerprint density at radius 2 is 2.40 bits per heavy atom. The van der Waals surface area contributed by atoms with E-state index in [9.17, 15) is 0 Å². The number of aliphatic hydroxyl groups is 1. The fraction of sp³-hybridized carbons (Fsp3) is 0.286. The Kier molecular flexibility index (Phi) is 2.66. The summed E-state index contributed by atoms with van der Waals surface area (Å²) in [5.74, 6) is 0.397. The third kappa shape index (κ3) is 1.69. The maximum atomic E-state index is 8.69. The topological polar surface area (TPSA) is 33.1 Å². The third-order valence-corrected chi connectivity index (χ3v) is 1.47. The van der Waals surface area contributed by atoms with Crippen LogP contribution in [0.4, 0.5) is 0 Å². The summed E-state index contributed by atoms with van der Waals surface area (Å²) in [7, 11) is 0. The molecule has 0 bridgehead atoms. The molecule has 0 aliphatic heterocycles. The van der Waals surface area contributed by atoms with Crippen LogP contribution in [0, 0.1) is 0 Å². The van der Waals surface area contributed by atoms with E-state index in [1.54, 1.807) is 18.3 Å². The highest BCUT2D eigenvalue weighted by Crippen LogP contribution is 2.03. The fourth-order valence-corrected chi connectivity index (χ4v) is 0.846. The van der Waals surface area contributed by atoms with E-state index in [1.807, 2.05) is 0 Å². The van der Waals surface area contributed by atoms with Gasteiger partial charge < -0.3 is 5.11 Å². The largest absolute Gasteiger partial charge is 0.392 e. The fourth-order valence-electron chi connectivity index (χ4n) is 0.700. The average molecular weight is 158 g/mol. The van der Waals surface area contributed by atoms with Gasteiger partial charge in [0.1, 0.15) is 0 Å². The van der Waals surface area contributed by atoms with Crippen molar-refractivity contribution in [3.8, 4) is 0 Å². The lowest BCUT2D eigenvalue weighted by Gasteiger charge is -1.96. The van der Waals surface area contributed by atoms with Crippen molar-refractivity contribution in [3.05, 3.63) is 29.6 Å². The Hall–Kier alpha value is -0.600. The number of hydrogen-bond donors (Lipinski definition) is 1. The molecule has 0 unspecified atom stereocenters. The molecule has 0 amide bonds. The minimum Gasteiger partial charge on any atom is -0.392 e. The van der Waals surface area contributed by atoms with Gasteiger partial charge in [-0.25, -0.2) is 0 Å². The smallest absolute Gasteiger partial charge is 0.0683 e. The van der Waals surface area contributed by atoms with Crippen LogP contribution in [0.2, 0.25) is 0 Å². The van der Waals surface area contributed by atoms with E-state index < -0.39 is 0 Å². The Morgan fingerprint density at radius 3 is 3.00 bits per heavy atom. The van der Waals surface area contributed by atoms with Gasteiger partial charge >= 0.3 is 0 Å². The molecule has 1 aromatic heterocycles. The summed E-state index contributed by atoms with van der Waals surface area (Å²) in [6.07, 6.45) is 1.64. The molecular formula is C7H8ClNO. The molecule has 0 aliphatic rings. The van der Waals surface area contributed by atoms with Crippen LogP contribution in [-0.2, 0) is 12.5 Å². The highest BCUT2D eigenvalue weighted by atomic mass is 35.5. The standard InChI is InChI=1S/C7H8ClNO/c8-4-7-3-6(5-10)1-2-9-7/h1-3,10H,4-5H2. The summed E-state index contributed by atoms with van der Waals surface area (Å²) in [6.45, 7) is 0.0480. The second kappa shape index (κ2) is 3.54. The molecule has 0 saturated heterocycles. The molecule has 0 fully saturated rings. The highest BCUT2D eigenvalue weighted by molar-refractivity contribution is 6.16. The van der Waals surface area contributed by atoms with E-state index >= 15 is 0 Å². The first-order valence-corrected chi connectivity index (χ1v) is 3.51. The minimum absolute atomic E-state index is 0.0480. The molecular weight excluding hydrogens is 150 g/mol. The van der Waals surface area contributed by atoms with Crippen LogP contribution in [-0.4, -0.2) is 10.1 Å². The molecule has 1 rings (SSSR count). The molecule has 0 aliphatic carbocycles. The lowest BCUT2D eigenvalue weighted by Crippen LogP contribution is -1.88. The number of alkyl halides is 1. The van der Waals surface area contributed by atoms with Crippen molar-refractivity contribution in [1.82, 2.24) is 4.98 Å². The zero-order chi connectivity index (χ0) is 7.40. The monoisotopic (exact) mass is 157 g/mol. The normalized spacial score (nSPS) is 9.80. The van der Waals surface area contributed by atoms with E-state index in [2.05, 4.69) is 4.98 Å². The van der Waals surface area contributed by atoms with Gasteiger partial charge in [0.05, 0.1) is 18.2 Å². The summed E-state index contributed by atoms with van der Waals surface area (Å²) in [5, 5.41) is 8.69. The highest BCUT2D eigenvalue weighted by Gasteiger charge is 1.92. The predicted molar refractivity (Wildman–Crippen MR) is 39.7 cm³/mol. The maximum absolute atomic E-state index is 8.69. The minimum atomic E-state index is 0.0480. The number of rotatable bonds is 2. The van der Waals surface area contributed by atoms with Crippen molar-refractivity contribution in [2.24, 2.45) is 0 Å².